The van der Waals surface area contributed by atoms with Crippen molar-refractivity contribution in [3.05, 3.63) is 29.8 Å². The van der Waals surface area contributed by atoms with Crippen LogP contribution in [0, 0.1) is 0 Å². The van der Waals surface area contributed by atoms with Crippen LogP contribution in [0.1, 0.15) is 37.7 Å². The minimum absolute atomic E-state index is 0.108. The minimum atomic E-state index is -0.692. The number of β-amino-alcohol motifs (C(OH)–C–C–N with tert-alkyl or cyclic N) is 1. The molecule has 3 fully saturated rings. The molecule has 7 nitrogen and oxygen atoms in total. The van der Waals surface area contributed by atoms with Crippen molar-refractivity contribution >= 4 is 6.09 Å². The number of hydrogen-bond donors (Lipinski definition) is 3. The van der Waals surface area contributed by atoms with E-state index in [0.717, 1.165) is 17.7 Å². The summed E-state index contributed by atoms with van der Waals surface area (Å²) in [5, 5.41) is 16.5. The number of fused-ring (bicyclic) bond motifs is 1. The van der Waals surface area contributed by atoms with Gasteiger partial charge in [-0.25, -0.2) is 4.79 Å². The van der Waals surface area contributed by atoms with Gasteiger partial charge in [-0.1, -0.05) is 12.1 Å². The predicted molar refractivity (Wildman–Crippen MR) is 110 cm³/mol. The van der Waals surface area contributed by atoms with Crippen LogP contribution in [-0.2, 0) is 11.2 Å². The van der Waals surface area contributed by atoms with E-state index in [4.69, 9.17) is 9.47 Å². The van der Waals surface area contributed by atoms with Crippen molar-refractivity contribution in [3.63, 3.8) is 0 Å². The number of aliphatic hydroxyl groups excluding tert-OH is 1. The van der Waals surface area contributed by atoms with Crippen LogP contribution < -0.4 is 15.4 Å². The molecule has 0 saturated carbocycles. The maximum atomic E-state index is 12.4. The molecule has 0 aliphatic carbocycles. The fourth-order valence-electron chi connectivity index (χ4n) is 5.33. The molecule has 3 saturated heterocycles. The molecular formula is C22H33N3O4. The van der Waals surface area contributed by atoms with E-state index < -0.39 is 18.3 Å². The number of nitrogens with one attached hydrogen (secondary N) is 2. The molecule has 3 heterocycles. The van der Waals surface area contributed by atoms with Gasteiger partial charge in [-0.15, -0.1) is 0 Å². The summed E-state index contributed by atoms with van der Waals surface area (Å²) >= 11 is 0. The van der Waals surface area contributed by atoms with Crippen LogP contribution in [0.4, 0.5) is 4.79 Å². The molecule has 1 amide bonds. The lowest BCUT2D eigenvalue weighted by molar-refractivity contribution is 0.0186. The largest absolute Gasteiger partial charge is 0.497 e. The number of rotatable bonds is 7. The molecule has 0 bridgehead atoms. The molecule has 0 spiro atoms. The SMILES string of the molecule is COc1ccc(C[C@H]2NC[C@H](O)[C@H]2OC(=O)NCCC23CCCN2CCC3)cc1. The topological polar surface area (TPSA) is 83.1 Å². The molecule has 3 aliphatic heterocycles. The van der Waals surface area contributed by atoms with E-state index in [0.29, 0.717) is 25.0 Å². The van der Waals surface area contributed by atoms with Crippen LogP contribution >= 0.6 is 0 Å². The van der Waals surface area contributed by atoms with Gasteiger partial charge >= 0.3 is 6.09 Å². The van der Waals surface area contributed by atoms with Gasteiger partial charge in [0, 0.05) is 18.6 Å². The zero-order valence-corrected chi connectivity index (χ0v) is 17.2. The number of alkyl carbamates (subject to hydrolysis) is 1. The summed E-state index contributed by atoms with van der Waals surface area (Å²) in [6.07, 6.45) is 4.97. The molecule has 4 rings (SSSR count). The standard InChI is InChI=1S/C22H33N3O4/c1-28-17-6-4-16(5-7-17)14-18-20(19(26)15-24-18)29-21(27)23-11-10-22-8-2-12-25(22)13-3-9-22/h4-7,18-20,24,26H,2-3,8-15H2,1H3,(H,23,27)/t18-,19+,20+/m1/s1. The number of carbonyl (C=O) groups excluding carboxylic acids is 1. The van der Waals surface area contributed by atoms with Gasteiger partial charge in [0.15, 0.2) is 0 Å². The Balaban J connectivity index is 1.26. The fraction of sp³-hybridized carbons (Fsp3) is 0.682. The highest BCUT2D eigenvalue weighted by Gasteiger charge is 2.43. The van der Waals surface area contributed by atoms with E-state index in [1.807, 2.05) is 24.3 Å². The second kappa shape index (κ2) is 8.90. The molecule has 1 aromatic carbocycles. The molecule has 3 atom stereocenters. The lowest BCUT2D eigenvalue weighted by Gasteiger charge is -2.32. The highest BCUT2D eigenvalue weighted by atomic mass is 16.6. The monoisotopic (exact) mass is 403 g/mol. The van der Waals surface area contributed by atoms with Crippen LogP contribution in [0.2, 0.25) is 0 Å². The van der Waals surface area contributed by atoms with E-state index in [2.05, 4.69) is 15.5 Å². The number of amides is 1. The van der Waals surface area contributed by atoms with E-state index in [1.165, 1.54) is 38.8 Å². The zero-order valence-electron chi connectivity index (χ0n) is 17.2. The summed E-state index contributed by atoms with van der Waals surface area (Å²) in [7, 11) is 1.64. The first-order valence-electron chi connectivity index (χ1n) is 10.8. The lowest BCUT2D eigenvalue weighted by Crippen LogP contribution is -2.44. The van der Waals surface area contributed by atoms with Crippen LogP contribution in [0.25, 0.3) is 0 Å². The van der Waals surface area contributed by atoms with Gasteiger partial charge in [-0.2, -0.15) is 0 Å². The number of aliphatic hydroxyl groups is 1. The third-order valence-corrected chi connectivity index (χ3v) is 6.89. The van der Waals surface area contributed by atoms with Gasteiger partial charge < -0.3 is 25.2 Å². The Morgan fingerprint density at radius 2 is 2.00 bits per heavy atom. The molecule has 3 N–H and O–H groups in total. The van der Waals surface area contributed by atoms with Crippen LogP contribution in [0.5, 0.6) is 5.75 Å². The highest BCUT2D eigenvalue weighted by Crippen LogP contribution is 2.40. The fourth-order valence-corrected chi connectivity index (χ4v) is 5.33. The van der Waals surface area contributed by atoms with E-state index in [9.17, 15) is 9.90 Å². The average molecular weight is 404 g/mol. The van der Waals surface area contributed by atoms with E-state index in [-0.39, 0.29) is 6.04 Å². The normalized spacial score (nSPS) is 28.3. The Labute approximate surface area is 172 Å². The third kappa shape index (κ3) is 4.52. The Morgan fingerprint density at radius 3 is 2.69 bits per heavy atom. The summed E-state index contributed by atoms with van der Waals surface area (Å²) in [6.45, 7) is 3.43. The van der Waals surface area contributed by atoms with Gasteiger partial charge in [-0.05, 0) is 69.3 Å². The molecule has 0 unspecified atom stereocenters. The molecule has 160 valence electrons. The van der Waals surface area contributed by atoms with Gasteiger partial charge in [0.1, 0.15) is 18.0 Å². The number of carbonyl (C=O) groups is 1. The second-order valence-corrected chi connectivity index (χ2v) is 8.60. The molecule has 29 heavy (non-hydrogen) atoms. The summed E-state index contributed by atoms with van der Waals surface area (Å²) in [4.78, 5) is 15.0. The Kier molecular flexibility index (Phi) is 6.27. The average Bonchev–Trinajstić information content (AvgIpc) is 3.38. The van der Waals surface area contributed by atoms with Gasteiger partial charge in [0.25, 0.3) is 0 Å². The first kappa shape index (κ1) is 20.4. The Hall–Kier alpha value is -1.83. The molecule has 1 aromatic rings. The maximum Gasteiger partial charge on any atom is 0.407 e. The summed E-state index contributed by atoms with van der Waals surface area (Å²) in [5.74, 6) is 0.808. The lowest BCUT2D eigenvalue weighted by atomic mass is 9.90. The van der Waals surface area contributed by atoms with E-state index in [1.54, 1.807) is 7.11 Å². The number of hydrogen-bond acceptors (Lipinski definition) is 6. The van der Waals surface area contributed by atoms with Crippen LogP contribution in [0.15, 0.2) is 24.3 Å². The van der Waals surface area contributed by atoms with Crippen molar-refractivity contribution in [2.45, 2.75) is 62.3 Å². The highest BCUT2D eigenvalue weighted by molar-refractivity contribution is 5.67. The quantitative estimate of drug-likeness (QED) is 0.643. The molecule has 0 aromatic heterocycles. The molecule has 0 radical (unpaired) electrons. The van der Waals surface area contributed by atoms with Crippen molar-refractivity contribution in [2.75, 3.05) is 33.3 Å². The summed E-state index contributed by atoms with van der Waals surface area (Å²) < 4.78 is 10.8. The van der Waals surface area contributed by atoms with Crippen molar-refractivity contribution in [1.82, 2.24) is 15.5 Å². The van der Waals surface area contributed by atoms with Gasteiger partial charge in [0.2, 0.25) is 0 Å². The summed E-state index contributed by atoms with van der Waals surface area (Å²) in [5.41, 5.74) is 1.39. The van der Waals surface area contributed by atoms with Crippen molar-refractivity contribution in [1.29, 1.82) is 0 Å². The maximum absolute atomic E-state index is 12.4. The van der Waals surface area contributed by atoms with Crippen molar-refractivity contribution < 1.29 is 19.4 Å². The van der Waals surface area contributed by atoms with Crippen LogP contribution in [0.3, 0.4) is 0 Å². The van der Waals surface area contributed by atoms with Gasteiger partial charge in [-0.3, -0.25) is 4.90 Å². The Morgan fingerprint density at radius 1 is 1.28 bits per heavy atom. The van der Waals surface area contributed by atoms with Crippen molar-refractivity contribution in [2.24, 2.45) is 0 Å². The van der Waals surface area contributed by atoms with Crippen molar-refractivity contribution in [3.8, 4) is 5.75 Å². The first-order chi connectivity index (χ1) is 14.1. The summed E-state index contributed by atoms with van der Waals surface area (Å²) in [6, 6.07) is 7.71. The number of nitrogens with zero attached hydrogens (tertiary/aromatic N) is 1. The number of ether oxygens (including phenoxy) is 2. The molecule has 3 aliphatic rings. The number of methoxy groups -OCH3 is 1. The predicted octanol–water partition coefficient (Wildman–Crippen LogP) is 1.68. The Bertz CT molecular complexity index is 686. The zero-order chi connectivity index (χ0) is 20.3. The van der Waals surface area contributed by atoms with E-state index >= 15 is 0 Å². The van der Waals surface area contributed by atoms with Crippen LogP contribution in [-0.4, -0.2) is 73.2 Å². The smallest absolute Gasteiger partial charge is 0.407 e. The number of benzene rings is 1. The molecule has 7 heteroatoms. The molecular weight excluding hydrogens is 370 g/mol. The first-order valence-corrected chi connectivity index (χ1v) is 10.8. The second-order valence-electron chi connectivity index (χ2n) is 8.60. The minimum Gasteiger partial charge on any atom is -0.497 e. The third-order valence-electron chi connectivity index (χ3n) is 6.89. The van der Waals surface area contributed by atoms with Gasteiger partial charge in [0.05, 0.1) is 13.2 Å².